The Balaban J connectivity index is 2.29. The highest BCUT2D eigenvalue weighted by Crippen LogP contribution is 2.16. The molecule has 0 unspecified atom stereocenters. The minimum Gasteiger partial charge on any atom is -0.372 e. The van der Waals surface area contributed by atoms with Crippen LogP contribution in [-0.4, -0.2) is 19.6 Å². The summed E-state index contributed by atoms with van der Waals surface area (Å²) >= 11 is 0. The maximum Gasteiger partial charge on any atom is 0.0368 e. The van der Waals surface area contributed by atoms with Crippen molar-refractivity contribution in [3.63, 3.8) is 0 Å². The number of hydrogen-bond donors (Lipinski definition) is 1. The molecule has 0 saturated carbocycles. The second-order valence-electron chi connectivity index (χ2n) is 4.98. The highest BCUT2D eigenvalue weighted by atomic mass is 15.1. The third-order valence-corrected chi connectivity index (χ3v) is 3.38. The Labute approximate surface area is 112 Å². The van der Waals surface area contributed by atoms with Gasteiger partial charge in [0.15, 0.2) is 0 Å². The molecule has 0 atom stereocenters. The number of nitrogens with two attached hydrogens (primary N) is 1. The maximum absolute atomic E-state index is 5.49. The van der Waals surface area contributed by atoms with Crippen molar-refractivity contribution < 1.29 is 0 Å². The van der Waals surface area contributed by atoms with Crippen LogP contribution >= 0.6 is 0 Å². The van der Waals surface area contributed by atoms with Gasteiger partial charge in [-0.15, -0.1) is 0 Å². The first-order valence-electron chi connectivity index (χ1n) is 7.29. The molecule has 2 heteroatoms. The number of nitrogens with zero attached hydrogens (tertiary/aromatic N) is 1. The largest absolute Gasteiger partial charge is 0.372 e. The standard InChI is InChI=1S/C16H28N2/c1-3-18(13-8-6-4-5-7-12-17)16-11-9-10-15(2)14-16/h9-11,14H,3-8,12-13,17H2,1-2H3. The Morgan fingerprint density at radius 1 is 1.06 bits per heavy atom. The molecule has 0 heterocycles. The van der Waals surface area contributed by atoms with Gasteiger partial charge in [0.1, 0.15) is 0 Å². The molecule has 102 valence electrons. The third kappa shape index (κ3) is 5.54. The van der Waals surface area contributed by atoms with Gasteiger partial charge >= 0.3 is 0 Å². The van der Waals surface area contributed by atoms with Crippen LogP contribution in [0.4, 0.5) is 5.69 Å². The molecule has 1 rings (SSSR count). The van der Waals surface area contributed by atoms with E-state index in [0.29, 0.717) is 0 Å². The van der Waals surface area contributed by atoms with E-state index in [2.05, 4.69) is 43.0 Å². The zero-order valence-corrected chi connectivity index (χ0v) is 12.0. The van der Waals surface area contributed by atoms with Gasteiger partial charge in [-0.1, -0.05) is 31.4 Å². The summed E-state index contributed by atoms with van der Waals surface area (Å²) in [6.45, 7) is 7.49. The molecule has 0 bridgehead atoms. The molecule has 0 spiro atoms. The van der Waals surface area contributed by atoms with Crippen LogP contribution < -0.4 is 10.6 Å². The minimum atomic E-state index is 0.838. The van der Waals surface area contributed by atoms with Crippen LogP contribution in [0, 0.1) is 6.92 Å². The second kappa shape index (κ2) is 8.98. The maximum atomic E-state index is 5.49. The van der Waals surface area contributed by atoms with Gasteiger partial charge in [-0.2, -0.15) is 0 Å². The van der Waals surface area contributed by atoms with Gasteiger partial charge in [0, 0.05) is 18.8 Å². The second-order valence-corrected chi connectivity index (χ2v) is 4.98. The lowest BCUT2D eigenvalue weighted by Crippen LogP contribution is -2.23. The van der Waals surface area contributed by atoms with Gasteiger partial charge in [-0.05, 0) is 50.9 Å². The van der Waals surface area contributed by atoms with Crippen molar-refractivity contribution in [3.8, 4) is 0 Å². The number of aryl methyl sites for hydroxylation is 1. The van der Waals surface area contributed by atoms with Crippen LogP contribution in [0.1, 0.15) is 44.6 Å². The number of benzene rings is 1. The van der Waals surface area contributed by atoms with Crippen LogP contribution in [-0.2, 0) is 0 Å². The predicted octanol–water partition coefficient (Wildman–Crippen LogP) is 3.73. The van der Waals surface area contributed by atoms with Crippen molar-refractivity contribution in [2.24, 2.45) is 5.73 Å². The number of anilines is 1. The van der Waals surface area contributed by atoms with E-state index in [1.165, 1.54) is 49.9 Å². The molecule has 18 heavy (non-hydrogen) atoms. The van der Waals surface area contributed by atoms with Gasteiger partial charge in [0.2, 0.25) is 0 Å². The average Bonchev–Trinajstić information content (AvgIpc) is 2.38. The Morgan fingerprint density at radius 2 is 1.78 bits per heavy atom. The summed E-state index contributed by atoms with van der Waals surface area (Å²) in [5.41, 5.74) is 8.20. The van der Waals surface area contributed by atoms with Crippen LogP contribution in [0.3, 0.4) is 0 Å². The summed E-state index contributed by atoms with van der Waals surface area (Å²) in [5.74, 6) is 0. The van der Waals surface area contributed by atoms with Gasteiger partial charge in [-0.3, -0.25) is 0 Å². The quantitative estimate of drug-likeness (QED) is 0.675. The zero-order valence-electron chi connectivity index (χ0n) is 12.0. The van der Waals surface area contributed by atoms with Crippen LogP contribution in [0.5, 0.6) is 0 Å². The van der Waals surface area contributed by atoms with E-state index in [4.69, 9.17) is 5.73 Å². The van der Waals surface area contributed by atoms with E-state index in [1.54, 1.807) is 0 Å². The molecule has 0 aliphatic carbocycles. The fraction of sp³-hybridized carbons (Fsp3) is 0.625. The monoisotopic (exact) mass is 248 g/mol. The van der Waals surface area contributed by atoms with Crippen LogP contribution in [0.2, 0.25) is 0 Å². The third-order valence-electron chi connectivity index (χ3n) is 3.38. The fourth-order valence-electron chi connectivity index (χ4n) is 2.27. The van der Waals surface area contributed by atoms with Gasteiger partial charge in [-0.25, -0.2) is 0 Å². The smallest absolute Gasteiger partial charge is 0.0368 e. The van der Waals surface area contributed by atoms with Crippen molar-refractivity contribution in [3.05, 3.63) is 29.8 Å². The summed E-state index contributed by atoms with van der Waals surface area (Å²) in [6.07, 6.45) is 6.39. The highest BCUT2D eigenvalue weighted by molar-refractivity contribution is 5.48. The van der Waals surface area contributed by atoms with Crippen LogP contribution in [0.25, 0.3) is 0 Å². The molecule has 0 aliphatic rings. The van der Waals surface area contributed by atoms with Crippen LogP contribution in [0.15, 0.2) is 24.3 Å². The summed E-state index contributed by atoms with van der Waals surface area (Å²) < 4.78 is 0. The molecule has 0 amide bonds. The predicted molar refractivity (Wildman–Crippen MR) is 81.2 cm³/mol. The zero-order chi connectivity index (χ0) is 13.2. The Morgan fingerprint density at radius 3 is 2.44 bits per heavy atom. The van der Waals surface area contributed by atoms with Gasteiger partial charge < -0.3 is 10.6 Å². The first kappa shape index (κ1) is 15.0. The molecule has 2 nitrogen and oxygen atoms in total. The molecule has 2 N–H and O–H groups in total. The molecular weight excluding hydrogens is 220 g/mol. The SMILES string of the molecule is CCN(CCCCCCCN)c1cccc(C)c1. The molecule has 0 saturated heterocycles. The Hall–Kier alpha value is -1.02. The first-order valence-corrected chi connectivity index (χ1v) is 7.29. The normalized spacial score (nSPS) is 10.6. The van der Waals surface area contributed by atoms with Gasteiger partial charge in [0.25, 0.3) is 0 Å². The lowest BCUT2D eigenvalue weighted by molar-refractivity contribution is 0.610. The summed E-state index contributed by atoms with van der Waals surface area (Å²) in [7, 11) is 0. The lowest BCUT2D eigenvalue weighted by Gasteiger charge is -2.23. The van der Waals surface area contributed by atoms with Crippen molar-refractivity contribution in [2.75, 3.05) is 24.5 Å². The highest BCUT2D eigenvalue weighted by Gasteiger charge is 2.03. The first-order chi connectivity index (χ1) is 8.77. The number of hydrogen-bond acceptors (Lipinski definition) is 2. The summed E-state index contributed by atoms with van der Waals surface area (Å²) in [4.78, 5) is 2.47. The van der Waals surface area contributed by atoms with E-state index in [9.17, 15) is 0 Å². The number of rotatable bonds is 9. The van der Waals surface area contributed by atoms with Crippen molar-refractivity contribution in [1.82, 2.24) is 0 Å². The van der Waals surface area contributed by atoms with E-state index in [1.807, 2.05) is 0 Å². The van der Waals surface area contributed by atoms with E-state index < -0.39 is 0 Å². The molecule has 0 fully saturated rings. The lowest BCUT2D eigenvalue weighted by atomic mass is 10.1. The van der Waals surface area contributed by atoms with Crippen molar-refractivity contribution in [2.45, 2.75) is 46.0 Å². The Bertz CT molecular complexity index is 323. The van der Waals surface area contributed by atoms with Gasteiger partial charge in [0.05, 0.1) is 0 Å². The Kier molecular flexibility index (Phi) is 7.51. The van der Waals surface area contributed by atoms with E-state index >= 15 is 0 Å². The molecule has 0 aromatic heterocycles. The molecule has 0 radical (unpaired) electrons. The molecular formula is C16H28N2. The molecule has 1 aromatic rings. The topological polar surface area (TPSA) is 29.3 Å². The fourth-order valence-corrected chi connectivity index (χ4v) is 2.27. The van der Waals surface area contributed by atoms with E-state index in [-0.39, 0.29) is 0 Å². The summed E-state index contributed by atoms with van der Waals surface area (Å²) in [6, 6.07) is 8.79. The number of unbranched alkanes of at least 4 members (excludes halogenated alkanes) is 4. The minimum absolute atomic E-state index is 0.838. The van der Waals surface area contributed by atoms with E-state index in [0.717, 1.165) is 13.1 Å². The van der Waals surface area contributed by atoms with Crippen molar-refractivity contribution >= 4 is 5.69 Å². The average molecular weight is 248 g/mol. The van der Waals surface area contributed by atoms with Crippen molar-refractivity contribution in [1.29, 1.82) is 0 Å². The summed E-state index contributed by atoms with van der Waals surface area (Å²) in [5, 5.41) is 0. The molecule has 0 aliphatic heterocycles. The molecule has 1 aromatic carbocycles.